The third-order valence-corrected chi connectivity index (χ3v) is 4.30. The van der Waals surface area contributed by atoms with Crippen molar-refractivity contribution in [3.8, 4) is 0 Å². The summed E-state index contributed by atoms with van der Waals surface area (Å²) in [6.07, 6.45) is 0. The topological polar surface area (TPSA) is 37.4 Å². The highest BCUT2D eigenvalue weighted by Gasteiger charge is 2.22. The lowest BCUT2D eigenvalue weighted by atomic mass is 10.4. The molecule has 0 N–H and O–H groups in total. The van der Waals surface area contributed by atoms with Gasteiger partial charge in [0.2, 0.25) is 10.0 Å². The van der Waals surface area contributed by atoms with E-state index in [1.54, 1.807) is 6.92 Å². The summed E-state index contributed by atoms with van der Waals surface area (Å²) in [5, 5.41) is 0. The number of sulfonamides is 1. The molecular weight excluding hydrogens is 253 g/mol. The fraction of sp³-hybridized carbons (Fsp3) is 0.400. The molecule has 0 aliphatic heterocycles. The maximum absolute atomic E-state index is 12.7. The lowest BCUT2D eigenvalue weighted by Crippen LogP contribution is -2.32. The van der Waals surface area contributed by atoms with E-state index in [1.807, 2.05) is 0 Å². The molecule has 16 heavy (non-hydrogen) atoms. The number of benzene rings is 1. The quantitative estimate of drug-likeness (QED) is 0.765. The van der Waals surface area contributed by atoms with Crippen molar-refractivity contribution in [3.05, 3.63) is 30.1 Å². The minimum atomic E-state index is -3.55. The second-order valence-electron chi connectivity index (χ2n) is 3.14. The molecule has 0 atom stereocenters. The van der Waals surface area contributed by atoms with Crippen LogP contribution in [0.3, 0.4) is 0 Å². The Bertz CT molecular complexity index is 433. The molecule has 0 radical (unpaired) electrons. The van der Waals surface area contributed by atoms with Crippen molar-refractivity contribution in [1.29, 1.82) is 0 Å². The van der Waals surface area contributed by atoms with E-state index < -0.39 is 15.8 Å². The van der Waals surface area contributed by atoms with Gasteiger partial charge in [0.05, 0.1) is 4.90 Å². The van der Waals surface area contributed by atoms with Gasteiger partial charge in [-0.1, -0.05) is 6.92 Å². The Balaban J connectivity index is 3.04. The maximum atomic E-state index is 12.7. The lowest BCUT2D eigenvalue weighted by Gasteiger charge is -2.19. The number of nitrogens with zero attached hydrogens (tertiary/aromatic N) is 1. The van der Waals surface area contributed by atoms with Gasteiger partial charge in [-0.25, -0.2) is 12.8 Å². The first-order valence-corrected chi connectivity index (χ1v) is 6.81. The van der Waals surface area contributed by atoms with Crippen molar-refractivity contribution in [2.75, 3.05) is 19.0 Å². The van der Waals surface area contributed by atoms with E-state index in [0.717, 1.165) is 12.1 Å². The highest BCUT2D eigenvalue weighted by Crippen LogP contribution is 2.15. The molecule has 0 heterocycles. The number of halogens is 2. The van der Waals surface area contributed by atoms with Crippen molar-refractivity contribution in [1.82, 2.24) is 4.31 Å². The monoisotopic (exact) mass is 265 g/mol. The van der Waals surface area contributed by atoms with Crippen LogP contribution in [0.2, 0.25) is 0 Å². The number of hydrogen-bond donors (Lipinski definition) is 0. The van der Waals surface area contributed by atoms with Crippen LogP contribution in [-0.4, -0.2) is 31.7 Å². The van der Waals surface area contributed by atoms with Crippen LogP contribution in [-0.2, 0) is 10.0 Å². The van der Waals surface area contributed by atoms with Gasteiger partial charge in [0.1, 0.15) is 5.82 Å². The summed E-state index contributed by atoms with van der Waals surface area (Å²) in [6, 6.07) is 4.76. The second-order valence-corrected chi connectivity index (χ2v) is 5.46. The van der Waals surface area contributed by atoms with Crippen LogP contribution in [0.1, 0.15) is 6.92 Å². The van der Waals surface area contributed by atoms with E-state index in [-0.39, 0.29) is 17.3 Å². The molecule has 0 bridgehead atoms. The molecule has 0 fully saturated rings. The summed E-state index contributed by atoms with van der Waals surface area (Å²) in [6.45, 7) is 2.32. The largest absolute Gasteiger partial charge is 0.243 e. The van der Waals surface area contributed by atoms with E-state index in [2.05, 4.69) is 0 Å². The molecule has 0 amide bonds. The third kappa shape index (κ3) is 2.93. The van der Waals surface area contributed by atoms with Gasteiger partial charge in [-0.15, -0.1) is 11.6 Å². The number of alkyl halides is 1. The molecular formula is C10H13ClFNO2S. The first-order valence-electron chi connectivity index (χ1n) is 4.84. The van der Waals surface area contributed by atoms with Crippen LogP contribution in [0, 0.1) is 5.82 Å². The van der Waals surface area contributed by atoms with Crippen LogP contribution in [0.5, 0.6) is 0 Å². The summed E-state index contributed by atoms with van der Waals surface area (Å²) in [5.74, 6) is -0.229. The molecule has 1 rings (SSSR count). The zero-order valence-corrected chi connectivity index (χ0v) is 10.4. The van der Waals surface area contributed by atoms with Crippen molar-refractivity contribution in [2.45, 2.75) is 11.8 Å². The molecule has 0 aliphatic carbocycles. The molecule has 0 aliphatic rings. The minimum Gasteiger partial charge on any atom is -0.207 e. The van der Waals surface area contributed by atoms with E-state index >= 15 is 0 Å². The smallest absolute Gasteiger partial charge is 0.207 e. The Morgan fingerprint density at radius 3 is 2.31 bits per heavy atom. The number of rotatable bonds is 5. The van der Waals surface area contributed by atoms with Crippen molar-refractivity contribution < 1.29 is 12.8 Å². The van der Waals surface area contributed by atoms with Gasteiger partial charge in [-0.2, -0.15) is 4.31 Å². The highest BCUT2D eigenvalue weighted by molar-refractivity contribution is 7.89. The van der Waals surface area contributed by atoms with Gasteiger partial charge in [-0.05, 0) is 24.3 Å². The molecule has 1 aromatic rings. The molecule has 0 saturated heterocycles. The molecule has 90 valence electrons. The van der Waals surface area contributed by atoms with Crippen LogP contribution >= 0.6 is 11.6 Å². The normalized spacial score (nSPS) is 12.0. The SMILES string of the molecule is CCN(CCCl)S(=O)(=O)c1ccc(F)cc1. The fourth-order valence-electron chi connectivity index (χ4n) is 1.30. The van der Waals surface area contributed by atoms with Crippen molar-refractivity contribution in [3.63, 3.8) is 0 Å². The predicted octanol–water partition coefficient (Wildman–Crippen LogP) is 2.08. The van der Waals surface area contributed by atoms with Gasteiger partial charge < -0.3 is 0 Å². The first-order chi connectivity index (χ1) is 7.52. The molecule has 0 aromatic heterocycles. The van der Waals surface area contributed by atoms with Gasteiger partial charge in [0.15, 0.2) is 0 Å². The molecule has 1 aromatic carbocycles. The number of hydrogen-bond acceptors (Lipinski definition) is 2. The summed E-state index contributed by atoms with van der Waals surface area (Å²) >= 11 is 5.53. The summed E-state index contributed by atoms with van der Waals surface area (Å²) in [7, 11) is -3.55. The Hall–Kier alpha value is -0.650. The van der Waals surface area contributed by atoms with E-state index in [0.29, 0.717) is 6.54 Å². The van der Waals surface area contributed by atoms with Gasteiger partial charge >= 0.3 is 0 Å². The zero-order valence-electron chi connectivity index (χ0n) is 8.86. The molecule has 0 spiro atoms. The Morgan fingerprint density at radius 2 is 1.88 bits per heavy atom. The maximum Gasteiger partial charge on any atom is 0.243 e. The third-order valence-electron chi connectivity index (χ3n) is 2.14. The zero-order chi connectivity index (χ0) is 12.2. The Kier molecular flexibility index (Phi) is 4.70. The average molecular weight is 266 g/mol. The average Bonchev–Trinajstić information content (AvgIpc) is 2.26. The van der Waals surface area contributed by atoms with Crippen LogP contribution in [0.4, 0.5) is 4.39 Å². The molecule has 0 saturated carbocycles. The minimum absolute atomic E-state index is 0.0841. The Morgan fingerprint density at radius 1 is 1.31 bits per heavy atom. The van der Waals surface area contributed by atoms with Crippen LogP contribution in [0.25, 0.3) is 0 Å². The first kappa shape index (κ1) is 13.4. The summed E-state index contributed by atoms with van der Waals surface area (Å²) in [5.41, 5.74) is 0. The fourth-order valence-corrected chi connectivity index (χ4v) is 3.05. The summed E-state index contributed by atoms with van der Waals surface area (Å²) < 4.78 is 38.0. The van der Waals surface area contributed by atoms with Crippen molar-refractivity contribution in [2.24, 2.45) is 0 Å². The predicted molar refractivity (Wildman–Crippen MR) is 61.6 cm³/mol. The van der Waals surface area contributed by atoms with Gasteiger partial charge in [0, 0.05) is 19.0 Å². The standard InChI is InChI=1S/C10H13ClFNO2S/c1-2-13(8-7-11)16(14,15)10-5-3-9(12)4-6-10/h3-6H,2,7-8H2,1H3. The van der Waals surface area contributed by atoms with E-state index in [1.165, 1.54) is 16.4 Å². The van der Waals surface area contributed by atoms with Crippen molar-refractivity contribution >= 4 is 21.6 Å². The van der Waals surface area contributed by atoms with Crippen LogP contribution in [0.15, 0.2) is 29.2 Å². The molecule has 6 heteroatoms. The van der Waals surface area contributed by atoms with E-state index in [9.17, 15) is 12.8 Å². The van der Waals surface area contributed by atoms with Gasteiger partial charge in [0.25, 0.3) is 0 Å². The van der Waals surface area contributed by atoms with Crippen LogP contribution < -0.4 is 0 Å². The molecule has 0 unspecified atom stereocenters. The second kappa shape index (κ2) is 5.61. The van der Waals surface area contributed by atoms with Gasteiger partial charge in [-0.3, -0.25) is 0 Å². The highest BCUT2D eigenvalue weighted by atomic mass is 35.5. The lowest BCUT2D eigenvalue weighted by molar-refractivity contribution is 0.446. The summed E-state index contributed by atoms with van der Waals surface area (Å²) in [4.78, 5) is 0.0841. The molecule has 3 nitrogen and oxygen atoms in total. The Labute approximate surface area is 99.9 Å². The van der Waals surface area contributed by atoms with E-state index in [4.69, 9.17) is 11.6 Å².